The average Bonchev–Trinajstić information content (AvgIpc) is 3.50. The van der Waals surface area contributed by atoms with Gasteiger partial charge in [0.25, 0.3) is 5.56 Å². The summed E-state index contributed by atoms with van der Waals surface area (Å²) in [5.41, 5.74) is 11.2. The molecule has 0 unspecified atom stereocenters. The van der Waals surface area contributed by atoms with Gasteiger partial charge in [-0.3, -0.25) is 9.36 Å². The van der Waals surface area contributed by atoms with Crippen LogP contribution in [0.4, 0.5) is 14.9 Å². The molecule has 9 nitrogen and oxygen atoms in total. The zero-order chi connectivity index (χ0) is 30.6. The number of nitrogens with two attached hydrogens (primary N) is 1. The van der Waals surface area contributed by atoms with Crippen LogP contribution in [-0.2, 0) is 13.1 Å². The third-order valence-corrected chi connectivity index (χ3v) is 7.19. The standard InChI is InChI=1S/C34H28FN7O2/c1-22-39-31-20-26(6-10-30(31)33(43)42(22)16-13-36)29-11-9-28(19-25(29)5-2-23-3-7-27(35)8-4-23)40-34(44)38-21-24-12-15-41-17-14-37-32(41)18-24/h3-4,6-12,14-15,17-20H,13,16,21,36H2,1H3,(H2,38,40,44). The van der Waals surface area contributed by atoms with Gasteiger partial charge in [0.05, 0.1) is 10.9 Å². The zero-order valence-electron chi connectivity index (χ0n) is 23.8. The van der Waals surface area contributed by atoms with Crippen molar-refractivity contribution in [1.29, 1.82) is 0 Å². The second-order valence-corrected chi connectivity index (χ2v) is 10.2. The van der Waals surface area contributed by atoms with Crippen LogP contribution in [0.5, 0.6) is 0 Å². The number of anilines is 1. The molecule has 44 heavy (non-hydrogen) atoms. The van der Waals surface area contributed by atoms with E-state index in [9.17, 15) is 14.0 Å². The number of nitrogens with one attached hydrogen (secondary N) is 2. The number of urea groups is 1. The number of hydrogen-bond donors (Lipinski definition) is 3. The predicted molar refractivity (Wildman–Crippen MR) is 169 cm³/mol. The second-order valence-electron chi connectivity index (χ2n) is 10.2. The molecule has 0 bridgehead atoms. The van der Waals surface area contributed by atoms with Crippen molar-refractivity contribution in [3.8, 4) is 23.0 Å². The molecule has 10 heteroatoms. The lowest BCUT2D eigenvalue weighted by atomic mass is 9.98. The van der Waals surface area contributed by atoms with E-state index in [1.807, 2.05) is 47.1 Å². The molecular weight excluding hydrogens is 557 g/mol. The Labute approximate surface area is 252 Å². The maximum atomic E-state index is 13.5. The molecule has 0 saturated heterocycles. The molecule has 218 valence electrons. The van der Waals surface area contributed by atoms with Crippen LogP contribution in [-0.4, -0.2) is 31.5 Å². The van der Waals surface area contributed by atoms with Crippen molar-refractivity contribution in [3.63, 3.8) is 0 Å². The van der Waals surface area contributed by atoms with Crippen LogP contribution in [0.1, 0.15) is 22.5 Å². The molecule has 0 fully saturated rings. The summed E-state index contributed by atoms with van der Waals surface area (Å²) in [5, 5.41) is 6.24. The highest BCUT2D eigenvalue weighted by molar-refractivity contribution is 5.91. The third kappa shape index (κ3) is 6.04. The Kier molecular flexibility index (Phi) is 7.86. The van der Waals surface area contributed by atoms with Gasteiger partial charge in [-0.05, 0) is 84.3 Å². The molecule has 6 aromatic rings. The van der Waals surface area contributed by atoms with Crippen molar-refractivity contribution in [2.45, 2.75) is 20.0 Å². The van der Waals surface area contributed by atoms with Gasteiger partial charge in [-0.25, -0.2) is 19.2 Å². The van der Waals surface area contributed by atoms with Crippen LogP contribution in [0.15, 0.2) is 96.2 Å². The van der Waals surface area contributed by atoms with E-state index in [2.05, 4.69) is 32.4 Å². The van der Waals surface area contributed by atoms with E-state index in [4.69, 9.17) is 5.73 Å². The van der Waals surface area contributed by atoms with E-state index < -0.39 is 0 Å². The Morgan fingerprint density at radius 3 is 2.66 bits per heavy atom. The summed E-state index contributed by atoms with van der Waals surface area (Å²) < 4.78 is 16.9. The number of carbonyl (C=O) groups excluding carboxylic acids is 1. The van der Waals surface area contributed by atoms with Crippen molar-refractivity contribution >= 4 is 28.3 Å². The minimum atomic E-state index is -0.377. The smallest absolute Gasteiger partial charge is 0.319 e. The number of rotatable bonds is 6. The number of hydrogen-bond acceptors (Lipinski definition) is 5. The highest BCUT2D eigenvalue weighted by Gasteiger charge is 2.12. The van der Waals surface area contributed by atoms with E-state index in [1.165, 1.54) is 12.1 Å². The van der Waals surface area contributed by atoms with Gasteiger partial charge >= 0.3 is 6.03 Å². The fourth-order valence-electron chi connectivity index (χ4n) is 4.96. The predicted octanol–water partition coefficient (Wildman–Crippen LogP) is 4.84. The summed E-state index contributed by atoms with van der Waals surface area (Å²) in [7, 11) is 0. The van der Waals surface area contributed by atoms with Crippen molar-refractivity contribution in [3.05, 3.63) is 130 Å². The highest BCUT2D eigenvalue weighted by Crippen LogP contribution is 2.28. The van der Waals surface area contributed by atoms with Crippen LogP contribution in [0.2, 0.25) is 0 Å². The first-order valence-electron chi connectivity index (χ1n) is 14.0. The fraction of sp³-hybridized carbons (Fsp3) is 0.118. The SMILES string of the molecule is Cc1nc2cc(-c3ccc(NC(=O)NCc4ccn5ccnc5c4)cc3C#Cc3ccc(F)cc3)ccc2c(=O)n1CCN. The van der Waals surface area contributed by atoms with E-state index in [1.54, 1.807) is 48.0 Å². The van der Waals surface area contributed by atoms with Gasteiger partial charge in [0.15, 0.2) is 0 Å². The maximum Gasteiger partial charge on any atom is 0.319 e. The quantitative estimate of drug-likeness (QED) is 0.242. The lowest BCUT2D eigenvalue weighted by Gasteiger charge is -2.13. The molecule has 0 spiro atoms. The number of nitrogens with zero attached hydrogens (tertiary/aromatic N) is 4. The first-order valence-corrected chi connectivity index (χ1v) is 14.0. The van der Waals surface area contributed by atoms with E-state index in [-0.39, 0.29) is 17.4 Å². The van der Waals surface area contributed by atoms with Crippen molar-refractivity contribution < 1.29 is 9.18 Å². The first kappa shape index (κ1) is 28.3. The summed E-state index contributed by atoms with van der Waals surface area (Å²) in [6, 6.07) is 20.3. The van der Waals surface area contributed by atoms with Crippen LogP contribution in [0, 0.1) is 24.6 Å². The molecule has 0 aliphatic heterocycles. The number of carbonyl (C=O) groups is 1. The number of imidazole rings is 1. The monoisotopic (exact) mass is 585 g/mol. The van der Waals surface area contributed by atoms with Crippen LogP contribution < -0.4 is 21.9 Å². The van der Waals surface area contributed by atoms with Gasteiger partial charge in [-0.15, -0.1) is 0 Å². The fourth-order valence-corrected chi connectivity index (χ4v) is 4.96. The van der Waals surface area contributed by atoms with Crippen molar-refractivity contribution in [2.75, 3.05) is 11.9 Å². The Hall–Kier alpha value is -5.79. The van der Waals surface area contributed by atoms with E-state index in [0.29, 0.717) is 53.2 Å². The first-order chi connectivity index (χ1) is 21.4. The lowest BCUT2D eigenvalue weighted by Crippen LogP contribution is -2.28. The average molecular weight is 586 g/mol. The maximum absolute atomic E-state index is 13.5. The summed E-state index contributed by atoms with van der Waals surface area (Å²) in [5.74, 6) is 6.49. The molecule has 0 saturated carbocycles. The number of benzene rings is 3. The summed E-state index contributed by atoms with van der Waals surface area (Å²) in [6.07, 6.45) is 5.46. The van der Waals surface area contributed by atoms with Gasteiger partial charge in [-0.1, -0.05) is 24.0 Å². The van der Waals surface area contributed by atoms with Crippen molar-refractivity contribution in [1.82, 2.24) is 24.3 Å². The van der Waals surface area contributed by atoms with Gasteiger partial charge in [0.2, 0.25) is 0 Å². The molecule has 4 N–H and O–H groups in total. The Balaban J connectivity index is 1.31. The molecule has 3 heterocycles. The Bertz CT molecular complexity index is 2140. The summed E-state index contributed by atoms with van der Waals surface area (Å²) >= 11 is 0. The number of aromatic nitrogens is 4. The van der Waals surface area contributed by atoms with Crippen molar-refractivity contribution in [2.24, 2.45) is 5.73 Å². The molecule has 0 aliphatic carbocycles. The molecule has 6 rings (SSSR count). The highest BCUT2D eigenvalue weighted by atomic mass is 19.1. The Morgan fingerprint density at radius 2 is 1.84 bits per heavy atom. The molecule has 0 atom stereocenters. The van der Waals surface area contributed by atoms with E-state index in [0.717, 1.165) is 22.3 Å². The van der Waals surface area contributed by atoms with Crippen LogP contribution >= 0.6 is 0 Å². The second kappa shape index (κ2) is 12.2. The molecule has 0 radical (unpaired) electrons. The molecule has 2 amide bonds. The van der Waals surface area contributed by atoms with Crippen LogP contribution in [0.3, 0.4) is 0 Å². The molecule has 0 aliphatic rings. The number of amides is 2. The minimum Gasteiger partial charge on any atom is -0.334 e. The number of halogens is 1. The minimum absolute atomic E-state index is 0.143. The largest absolute Gasteiger partial charge is 0.334 e. The van der Waals surface area contributed by atoms with Gasteiger partial charge in [0, 0.05) is 55.0 Å². The topological polar surface area (TPSA) is 119 Å². The Morgan fingerprint density at radius 1 is 1.00 bits per heavy atom. The number of pyridine rings is 1. The zero-order valence-corrected chi connectivity index (χ0v) is 23.8. The van der Waals surface area contributed by atoms with Gasteiger partial charge in [-0.2, -0.15) is 0 Å². The lowest BCUT2D eigenvalue weighted by molar-refractivity contribution is 0.251. The van der Waals surface area contributed by atoms with Gasteiger partial charge < -0.3 is 20.8 Å². The number of fused-ring (bicyclic) bond motifs is 2. The normalized spacial score (nSPS) is 10.9. The molecular formula is C34H28FN7O2. The molecule has 3 aromatic heterocycles. The van der Waals surface area contributed by atoms with Crippen LogP contribution in [0.25, 0.3) is 27.7 Å². The van der Waals surface area contributed by atoms with E-state index >= 15 is 0 Å². The summed E-state index contributed by atoms with van der Waals surface area (Å²) in [6.45, 7) is 2.83. The number of aryl methyl sites for hydroxylation is 1. The summed E-state index contributed by atoms with van der Waals surface area (Å²) in [4.78, 5) is 34.8. The molecule has 3 aromatic carbocycles. The third-order valence-electron chi connectivity index (χ3n) is 7.19. The van der Waals surface area contributed by atoms with Gasteiger partial charge in [0.1, 0.15) is 17.3 Å².